The molecule has 198 valence electrons. The van der Waals surface area contributed by atoms with E-state index in [0.717, 1.165) is 12.8 Å². The van der Waals surface area contributed by atoms with Crippen molar-refractivity contribution in [3.63, 3.8) is 0 Å². The average Bonchev–Trinajstić information content (AvgIpc) is 2.79. The number of rotatable bonds is 15. The number of aliphatic hydroxyl groups is 1. The summed E-state index contributed by atoms with van der Waals surface area (Å²) in [5.41, 5.74) is 7.23. The lowest BCUT2D eigenvalue weighted by Gasteiger charge is -2.30. The standard InChI is InChI=1S/C27H46N4O4/c1-7-8-13-29-27(35)22(18(4)5)15-25(33)23(28)14-20(17(2)3)16-30-26(34)21-11-9-10-12-24(21)31-19(6)32/h9-12,17-18,20,22-23,25,33H,7-8,13-16,28H2,1-6H3,(H,29,35)(H,30,34)(H,31,32). The van der Waals surface area contributed by atoms with E-state index in [-0.39, 0.29) is 41.4 Å². The number of aliphatic hydroxyl groups excluding tert-OH is 1. The summed E-state index contributed by atoms with van der Waals surface area (Å²) in [7, 11) is 0. The molecule has 0 saturated carbocycles. The number of anilines is 1. The molecule has 0 saturated heterocycles. The molecule has 1 aromatic rings. The number of benzene rings is 1. The Labute approximate surface area is 210 Å². The number of nitrogens with two attached hydrogens (primary N) is 1. The van der Waals surface area contributed by atoms with Crippen LogP contribution in [-0.4, -0.2) is 48.1 Å². The average molecular weight is 491 g/mol. The molecule has 8 heteroatoms. The summed E-state index contributed by atoms with van der Waals surface area (Å²) in [4.78, 5) is 36.9. The molecular formula is C27H46N4O4. The Morgan fingerprint density at radius 2 is 1.66 bits per heavy atom. The molecule has 3 amide bonds. The first-order chi connectivity index (χ1) is 16.5. The van der Waals surface area contributed by atoms with E-state index in [1.807, 2.05) is 13.8 Å². The lowest BCUT2D eigenvalue weighted by Crippen LogP contribution is -2.44. The molecule has 0 aliphatic rings. The van der Waals surface area contributed by atoms with E-state index in [1.165, 1.54) is 6.92 Å². The van der Waals surface area contributed by atoms with Crippen molar-refractivity contribution in [1.29, 1.82) is 0 Å². The van der Waals surface area contributed by atoms with E-state index in [9.17, 15) is 19.5 Å². The summed E-state index contributed by atoms with van der Waals surface area (Å²) in [6.45, 7) is 12.6. The molecule has 4 unspecified atom stereocenters. The number of para-hydroxylation sites is 1. The van der Waals surface area contributed by atoms with Gasteiger partial charge in [0.15, 0.2) is 0 Å². The van der Waals surface area contributed by atoms with Gasteiger partial charge in [-0.1, -0.05) is 53.2 Å². The van der Waals surface area contributed by atoms with Crippen molar-refractivity contribution >= 4 is 23.4 Å². The smallest absolute Gasteiger partial charge is 0.253 e. The van der Waals surface area contributed by atoms with E-state index in [2.05, 4.69) is 36.7 Å². The van der Waals surface area contributed by atoms with Crippen LogP contribution in [0.15, 0.2) is 24.3 Å². The van der Waals surface area contributed by atoms with Gasteiger partial charge in [-0.3, -0.25) is 14.4 Å². The number of carbonyl (C=O) groups is 3. The van der Waals surface area contributed by atoms with E-state index in [4.69, 9.17) is 5.73 Å². The van der Waals surface area contributed by atoms with Gasteiger partial charge in [0.2, 0.25) is 11.8 Å². The summed E-state index contributed by atoms with van der Waals surface area (Å²) in [5.74, 6) is -0.533. The predicted octanol–water partition coefficient (Wildman–Crippen LogP) is 3.30. The van der Waals surface area contributed by atoms with Gasteiger partial charge in [-0.15, -0.1) is 0 Å². The van der Waals surface area contributed by atoms with E-state index in [0.29, 0.717) is 37.2 Å². The first kappa shape index (κ1) is 30.6. The zero-order valence-electron chi connectivity index (χ0n) is 22.3. The normalized spacial score (nSPS) is 14.8. The molecule has 8 nitrogen and oxygen atoms in total. The van der Waals surface area contributed by atoms with Crippen molar-refractivity contribution < 1.29 is 19.5 Å². The Kier molecular flexibility index (Phi) is 13.6. The van der Waals surface area contributed by atoms with Crippen LogP contribution in [0.1, 0.15) is 77.6 Å². The fraction of sp³-hybridized carbons (Fsp3) is 0.667. The van der Waals surface area contributed by atoms with Crippen LogP contribution in [0.2, 0.25) is 0 Å². The van der Waals surface area contributed by atoms with Gasteiger partial charge in [-0.25, -0.2) is 0 Å². The van der Waals surface area contributed by atoms with E-state index >= 15 is 0 Å². The molecular weight excluding hydrogens is 444 g/mol. The molecule has 0 spiro atoms. The highest BCUT2D eigenvalue weighted by Gasteiger charge is 2.29. The summed E-state index contributed by atoms with van der Waals surface area (Å²) in [6, 6.07) is 6.34. The Balaban J connectivity index is 2.75. The Bertz CT molecular complexity index is 812. The minimum absolute atomic E-state index is 0.0346. The van der Waals surface area contributed by atoms with Crippen molar-refractivity contribution in [2.45, 2.75) is 79.4 Å². The summed E-state index contributed by atoms with van der Waals surface area (Å²) in [6.07, 6.45) is 1.92. The third-order valence-electron chi connectivity index (χ3n) is 6.49. The number of hydrogen-bond donors (Lipinski definition) is 5. The molecule has 0 bridgehead atoms. The molecule has 0 fully saturated rings. The third-order valence-corrected chi connectivity index (χ3v) is 6.49. The second-order valence-corrected chi connectivity index (χ2v) is 10.1. The third kappa shape index (κ3) is 10.8. The molecule has 0 aliphatic heterocycles. The molecule has 0 aromatic heterocycles. The minimum Gasteiger partial charge on any atom is -0.391 e. The topological polar surface area (TPSA) is 134 Å². The zero-order valence-corrected chi connectivity index (χ0v) is 22.3. The molecule has 0 heterocycles. The van der Waals surface area contributed by atoms with Gasteiger partial charge < -0.3 is 26.8 Å². The van der Waals surface area contributed by atoms with Crippen LogP contribution in [0.4, 0.5) is 5.69 Å². The summed E-state index contributed by atoms with van der Waals surface area (Å²) >= 11 is 0. The first-order valence-corrected chi connectivity index (χ1v) is 12.8. The van der Waals surface area contributed by atoms with Gasteiger partial charge in [0.25, 0.3) is 5.91 Å². The predicted molar refractivity (Wildman–Crippen MR) is 141 cm³/mol. The molecule has 35 heavy (non-hydrogen) atoms. The molecule has 0 radical (unpaired) electrons. The van der Waals surface area contributed by atoms with Crippen molar-refractivity contribution in [3.8, 4) is 0 Å². The second-order valence-electron chi connectivity index (χ2n) is 10.1. The van der Waals surface area contributed by atoms with Gasteiger partial charge in [-0.2, -0.15) is 0 Å². The summed E-state index contributed by atoms with van der Waals surface area (Å²) in [5, 5.41) is 19.4. The fourth-order valence-electron chi connectivity index (χ4n) is 4.03. The van der Waals surface area contributed by atoms with Crippen LogP contribution >= 0.6 is 0 Å². The number of nitrogens with one attached hydrogen (secondary N) is 3. The Morgan fingerprint density at radius 1 is 1.00 bits per heavy atom. The second kappa shape index (κ2) is 15.5. The first-order valence-electron chi connectivity index (χ1n) is 12.8. The molecule has 0 aliphatic carbocycles. The number of carbonyl (C=O) groups excluding carboxylic acids is 3. The minimum atomic E-state index is -0.822. The van der Waals surface area contributed by atoms with Crippen LogP contribution in [-0.2, 0) is 9.59 Å². The monoisotopic (exact) mass is 490 g/mol. The van der Waals surface area contributed by atoms with E-state index in [1.54, 1.807) is 24.3 Å². The van der Waals surface area contributed by atoms with Crippen molar-refractivity contribution in [1.82, 2.24) is 10.6 Å². The molecule has 1 rings (SSSR count). The van der Waals surface area contributed by atoms with Gasteiger partial charge in [0.1, 0.15) is 0 Å². The lowest BCUT2D eigenvalue weighted by molar-refractivity contribution is -0.127. The Morgan fingerprint density at radius 3 is 2.23 bits per heavy atom. The SMILES string of the molecule is CCCCNC(=O)C(CC(O)C(N)CC(CNC(=O)c1ccccc1NC(C)=O)C(C)C)C(C)C. The van der Waals surface area contributed by atoms with Gasteiger partial charge >= 0.3 is 0 Å². The molecule has 6 N–H and O–H groups in total. The van der Waals surface area contributed by atoms with Crippen molar-refractivity contribution in [2.24, 2.45) is 29.4 Å². The molecule has 1 aromatic carbocycles. The fourth-order valence-corrected chi connectivity index (χ4v) is 4.03. The largest absolute Gasteiger partial charge is 0.391 e. The van der Waals surface area contributed by atoms with E-state index < -0.39 is 12.1 Å². The lowest BCUT2D eigenvalue weighted by atomic mass is 9.83. The maximum atomic E-state index is 12.8. The van der Waals surface area contributed by atoms with Crippen LogP contribution in [0.3, 0.4) is 0 Å². The zero-order chi connectivity index (χ0) is 26.5. The van der Waals surface area contributed by atoms with Gasteiger partial charge in [0.05, 0.1) is 17.4 Å². The highest BCUT2D eigenvalue weighted by atomic mass is 16.3. The Hall–Kier alpha value is -2.45. The van der Waals surface area contributed by atoms with Crippen LogP contribution < -0.4 is 21.7 Å². The van der Waals surface area contributed by atoms with Crippen LogP contribution in [0.25, 0.3) is 0 Å². The quantitative estimate of drug-likeness (QED) is 0.241. The maximum Gasteiger partial charge on any atom is 0.253 e. The number of unbranched alkanes of at least 4 members (excludes halogenated alkanes) is 1. The van der Waals surface area contributed by atoms with Gasteiger partial charge in [0, 0.05) is 32.0 Å². The van der Waals surface area contributed by atoms with Crippen molar-refractivity contribution in [2.75, 3.05) is 18.4 Å². The maximum absolute atomic E-state index is 12.8. The molecule has 4 atom stereocenters. The summed E-state index contributed by atoms with van der Waals surface area (Å²) < 4.78 is 0. The highest BCUT2D eigenvalue weighted by Crippen LogP contribution is 2.23. The van der Waals surface area contributed by atoms with Gasteiger partial charge in [-0.05, 0) is 49.1 Å². The highest BCUT2D eigenvalue weighted by molar-refractivity contribution is 6.03. The number of amides is 3. The van der Waals surface area contributed by atoms with Crippen molar-refractivity contribution in [3.05, 3.63) is 29.8 Å². The number of hydrogen-bond acceptors (Lipinski definition) is 5. The van der Waals surface area contributed by atoms with Crippen LogP contribution in [0.5, 0.6) is 0 Å². The van der Waals surface area contributed by atoms with Crippen LogP contribution in [0, 0.1) is 23.7 Å².